The molecule has 0 radical (unpaired) electrons. The smallest absolute Gasteiger partial charge is 0.317 e. The highest BCUT2D eigenvalue weighted by Crippen LogP contribution is 2.22. The molecule has 0 spiro atoms. The third-order valence-corrected chi connectivity index (χ3v) is 4.62. The van der Waals surface area contributed by atoms with Gasteiger partial charge < -0.3 is 24.1 Å². The predicted octanol–water partition coefficient (Wildman–Crippen LogP) is 1.62. The summed E-state index contributed by atoms with van der Waals surface area (Å²) in [7, 11) is 1.62. The van der Waals surface area contributed by atoms with Gasteiger partial charge in [-0.15, -0.1) is 0 Å². The van der Waals surface area contributed by atoms with Crippen molar-refractivity contribution >= 4 is 39.1 Å². The van der Waals surface area contributed by atoms with Gasteiger partial charge in [0.25, 0.3) is 0 Å². The van der Waals surface area contributed by atoms with Crippen LogP contribution in [0.5, 0.6) is 0 Å². The van der Waals surface area contributed by atoms with Crippen LogP contribution in [0.25, 0.3) is 10.2 Å². The molecule has 1 aromatic heterocycles. The van der Waals surface area contributed by atoms with Crippen molar-refractivity contribution in [1.82, 2.24) is 4.57 Å². The molecule has 1 aliphatic heterocycles. The molecule has 0 aliphatic carbocycles. The molecule has 0 fully saturated rings. The summed E-state index contributed by atoms with van der Waals surface area (Å²) < 4.78 is 18.4. The van der Waals surface area contributed by atoms with E-state index >= 15 is 0 Å². The zero-order valence-electron chi connectivity index (χ0n) is 14.5. The van der Waals surface area contributed by atoms with E-state index in [2.05, 4.69) is 10.3 Å². The van der Waals surface area contributed by atoms with Crippen LogP contribution in [0, 0.1) is 0 Å². The Morgan fingerprint density at radius 3 is 2.92 bits per heavy atom. The number of hydrogen-bond donors (Lipinski definition) is 1. The average molecular weight is 377 g/mol. The van der Waals surface area contributed by atoms with Crippen molar-refractivity contribution in [3.63, 3.8) is 0 Å². The Kier molecular flexibility index (Phi) is 5.69. The molecule has 0 atom stereocenters. The highest BCUT2D eigenvalue weighted by Gasteiger charge is 2.16. The van der Waals surface area contributed by atoms with Gasteiger partial charge in [-0.2, -0.15) is 4.99 Å². The van der Waals surface area contributed by atoms with Crippen molar-refractivity contribution in [2.24, 2.45) is 4.99 Å². The summed E-state index contributed by atoms with van der Waals surface area (Å²) in [5.74, 6) is -0.551. The molecule has 2 aromatic rings. The lowest BCUT2D eigenvalue weighted by atomic mass is 10.3. The van der Waals surface area contributed by atoms with E-state index in [0.29, 0.717) is 36.9 Å². The van der Waals surface area contributed by atoms with Gasteiger partial charge in [-0.25, -0.2) is 0 Å². The molecule has 2 heterocycles. The lowest BCUT2D eigenvalue weighted by Gasteiger charge is -2.12. The van der Waals surface area contributed by atoms with Crippen molar-refractivity contribution < 1.29 is 23.8 Å². The van der Waals surface area contributed by atoms with Gasteiger partial charge >= 0.3 is 5.91 Å². The minimum Gasteiger partial charge on any atom is -0.494 e. The van der Waals surface area contributed by atoms with E-state index in [1.807, 2.05) is 22.8 Å². The molecule has 1 N–H and O–H groups in total. The number of thiazole rings is 1. The van der Waals surface area contributed by atoms with Crippen molar-refractivity contribution in [2.45, 2.75) is 13.5 Å². The van der Waals surface area contributed by atoms with Crippen LogP contribution in [0.4, 0.5) is 5.69 Å². The first kappa shape index (κ1) is 18.2. The number of rotatable bonds is 5. The van der Waals surface area contributed by atoms with Crippen LogP contribution in [-0.4, -0.2) is 43.3 Å². The number of amides is 2. The SMILES string of the molecule is COCCn1c(=NC(=O)C2=COCCO2)sc2cc(NC(C)=O)ccc21. The Morgan fingerprint density at radius 2 is 2.23 bits per heavy atom. The van der Waals surface area contributed by atoms with Crippen LogP contribution >= 0.6 is 11.3 Å². The molecule has 138 valence electrons. The number of carbonyl (C=O) groups excluding carboxylic acids is 2. The molecular weight excluding hydrogens is 358 g/mol. The van der Waals surface area contributed by atoms with Gasteiger partial charge in [0.1, 0.15) is 19.5 Å². The lowest BCUT2D eigenvalue weighted by Crippen LogP contribution is -2.21. The van der Waals surface area contributed by atoms with E-state index in [9.17, 15) is 9.59 Å². The maximum Gasteiger partial charge on any atom is 0.317 e. The predicted molar refractivity (Wildman–Crippen MR) is 96.6 cm³/mol. The summed E-state index contributed by atoms with van der Waals surface area (Å²) in [6, 6.07) is 5.55. The molecule has 26 heavy (non-hydrogen) atoms. The van der Waals surface area contributed by atoms with Crippen LogP contribution in [0.2, 0.25) is 0 Å². The molecule has 0 unspecified atom stereocenters. The van der Waals surface area contributed by atoms with Crippen LogP contribution in [0.15, 0.2) is 35.2 Å². The molecule has 0 saturated carbocycles. The number of hydrogen-bond acceptors (Lipinski definition) is 6. The molecule has 8 nitrogen and oxygen atoms in total. The van der Waals surface area contributed by atoms with Crippen molar-refractivity contribution in [1.29, 1.82) is 0 Å². The summed E-state index contributed by atoms with van der Waals surface area (Å²) in [5.41, 5.74) is 1.59. The van der Waals surface area contributed by atoms with Crippen molar-refractivity contribution in [2.75, 3.05) is 32.2 Å². The fourth-order valence-corrected chi connectivity index (χ4v) is 3.55. The van der Waals surface area contributed by atoms with Crippen LogP contribution in [0.3, 0.4) is 0 Å². The topological polar surface area (TPSA) is 91.2 Å². The highest BCUT2D eigenvalue weighted by molar-refractivity contribution is 7.16. The zero-order valence-corrected chi connectivity index (χ0v) is 15.3. The highest BCUT2D eigenvalue weighted by atomic mass is 32.1. The van der Waals surface area contributed by atoms with Crippen LogP contribution in [-0.2, 0) is 30.3 Å². The first-order chi connectivity index (χ1) is 12.6. The van der Waals surface area contributed by atoms with Gasteiger partial charge in [0.15, 0.2) is 4.80 Å². The summed E-state index contributed by atoms with van der Waals surface area (Å²) in [4.78, 5) is 28.3. The van der Waals surface area contributed by atoms with E-state index in [1.165, 1.54) is 24.5 Å². The van der Waals surface area contributed by atoms with Crippen molar-refractivity contribution in [3.8, 4) is 0 Å². The van der Waals surface area contributed by atoms with Gasteiger partial charge in [0.2, 0.25) is 11.7 Å². The Morgan fingerprint density at radius 1 is 1.38 bits per heavy atom. The Hall–Kier alpha value is -2.65. The number of carbonyl (C=O) groups is 2. The molecular formula is C17H19N3O5S. The molecule has 0 bridgehead atoms. The Bertz CT molecular complexity index is 928. The van der Waals surface area contributed by atoms with E-state index in [1.54, 1.807) is 7.11 Å². The largest absolute Gasteiger partial charge is 0.494 e. The fourth-order valence-electron chi connectivity index (χ4n) is 2.46. The third kappa shape index (κ3) is 4.12. The number of ether oxygens (including phenoxy) is 3. The quantitative estimate of drug-likeness (QED) is 0.855. The number of nitrogens with zero attached hydrogens (tertiary/aromatic N) is 2. The van der Waals surface area contributed by atoms with E-state index in [0.717, 1.165) is 10.2 Å². The Balaban J connectivity index is 2.03. The summed E-state index contributed by atoms with van der Waals surface area (Å²) in [5, 5.41) is 2.75. The summed E-state index contributed by atoms with van der Waals surface area (Å²) in [6.07, 6.45) is 1.29. The maximum absolute atomic E-state index is 12.3. The second-order valence-electron chi connectivity index (χ2n) is 5.51. The first-order valence-electron chi connectivity index (χ1n) is 8.02. The minimum atomic E-state index is -0.496. The second-order valence-corrected chi connectivity index (χ2v) is 6.52. The van der Waals surface area contributed by atoms with Gasteiger partial charge in [0.05, 0.1) is 16.8 Å². The van der Waals surface area contributed by atoms with Gasteiger partial charge in [0, 0.05) is 26.3 Å². The second kappa shape index (κ2) is 8.15. The van der Waals surface area contributed by atoms with Gasteiger partial charge in [-0.3, -0.25) is 9.59 Å². The number of methoxy groups -OCH3 is 1. The lowest BCUT2D eigenvalue weighted by molar-refractivity contribution is -0.119. The maximum atomic E-state index is 12.3. The molecule has 0 saturated heterocycles. The number of anilines is 1. The molecule has 1 aliphatic rings. The minimum absolute atomic E-state index is 0.0888. The molecule has 9 heteroatoms. The number of nitrogens with one attached hydrogen (secondary N) is 1. The number of benzene rings is 1. The number of aromatic nitrogens is 1. The third-order valence-electron chi connectivity index (χ3n) is 3.58. The molecule has 3 rings (SSSR count). The van der Waals surface area contributed by atoms with Gasteiger partial charge in [-0.1, -0.05) is 11.3 Å². The van der Waals surface area contributed by atoms with E-state index < -0.39 is 5.91 Å². The van der Waals surface area contributed by atoms with Crippen molar-refractivity contribution in [3.05, 3.63) is 35.0 Å². The van der Waals surface area contributed by atoms with Crippen LogP contribution < -0.4 is 10.1 Å². The van der Waals surface area contributed by atoms with Gasteiger partial charge in [-0.05, 0) is 18.2 Å². The Labute approximate surface area is 153 Å². The standard InChI is InChI=1S/C17H19N3O5S/c1-11(21)18-12-3-4-13-15(9-12)26-17(20(13)5-6-23-2)19-16(22)14-10-24-7-8-25-14/h3-4,9-10H,5-8H2,1-2H3,(H,18,21). The van der Waals surface area contributed by atoms with E-state index in [-0.39, 0.29) is 11.7 Å². The summed E-state index contributed by atoms with van der Waals surface area (Å²) >= 11 is 1.35. The average Bonchev–Trinajstić information content (AvgIpc) is 2.96. The fraction of sp³-hybridized carbons (Fsp3) is 0.353. The normalized spacial score (nSPS) is 14.5. The summed E-state index contributed by atoms with van der Waals surface area (Å²) in [6.45, 7) is 3.21. The van der Waals surface area contributed by atoms with Crippen LogP contribution in [0.1, 0.15) is 6.92 Å². The molecule has 1 aromatic carbocycles. The number of fused-ring (bicyclic) bond motifs is 1. The first-order valence-corrected chi connectivity index (χ1v) is 8.83. The molecule has 2 amide bonds. The zero-order chi connectivity index (χ0) is 18.5. The monoisotopic (exact) mass is 377 g/mol. The van der Waals surface area contributed by atoms with E-state index in [4.69, 9.17) is 14.2 Å².